The fourth-order valence-electron chi connectivity index (χ4n) is 2.53. The van der Waals surface area contributed by atoms with Crippen LogP contribution in [0.1, 0.15) is 17.5 Å². The van der Waals surface area contributed by atoms with Crippen LogP contribution in [-0.2, 0) is 14.8 Å². The normalized spacial score (nSPS) is 11.4. The zero-order valence-corrected chi connectivity index (χ0v) is 15.9. The second-order valence-corrected chi connectivity index (χ2v) is 7.65. The summed E-state index contributed by atoms with van der Waals surface area (Å²) in [6.45, 7) is 1.89. The first-order valence-corrected chi connectivity index (χ1v) is 9.92. The Morgan fingerprint density at radius 3 is 2.22 bits per heavy atom. The van der Waals surface area contributed by atoms with E-state index in [2.05, 4.69) is 0 Å². The number of primary sulfonamides is 1. The van der Waals surface area contributed by atoms with Gasteiger partial charge < -0.3 is 9.15 Å². The van der Waals surface area contributed by atoms with Crippen molar-refractivity contribution in [2.24, 2.45) is 5.14 Å². The van der Waals surface area contributed by atoms with E-state index in [1.54, 1.807) is 49.4 Å². The van der Waals surface area contributed by atoms with Crippen LogP contribution in [-0.4, -0.2) is 21.0 Å². The number of nitrogens with two attached hydrogens (primary N) is 1. The van der Waals surface area contributed by atoms with Crippen LogP contribution in [0, 0.1) is 0 Å². The highest BCUT2D eigenvalue weighted by molar-refractivity contribution is 7.89. The molecule has 0 radical (unpaired) electrons. The van der Waals surface area contributed by atoms with Gasteiger partial charge in [-0.15, -0.1) is 0 Å². The molecule has 6 nitrogen and oxygen atoms in total. The summed E-state index contributed by atoms with van der Waals surface area (Å²) in [5.74, 6) is -0.117. The van der Waals surface area contributed by atoms with Crippen LogP contribution in [0.3, 0.4) is 0 Å². The fraction of sp³-hybridized carbons (Fsp3) is 0.105. The van der Waals surface area contributed by atoms with Gasteiger partial charge in [-0.3, -0.25) is 0 Å². The van der Waals surface area contributed by atoms with Crippen molar-refractivity contribution in [1.29, 1.82) is 0 Å². The van der Waals surface area contributed by atoms with Crippen molar-refractivity contribution in [2.45, 2.75) is 11.8 Å². The Balaban J connectivity index is 2.09. The molecule has 2 N–H and O–H groups in total. The fourth-order valence-corrected chi connectivity index (χ4v) is 3.18. The number of hydrogen-bond acceptors (Lipinski definition) is 5. The van der Waals surface area contributed by atoms with E-state index < -0.39 is 16.0 Å². The molecule has 0 aliphatic carbocycles. The number of ether oxygens (including phenoxy) is 1. The highest BCUT2D eigenvalue weighted by Crippen LogP contribution is 2.34. The molecule has 1 heterocycles. The molecule has 3 aromatic rings. The first-order valence-electron chi connectivity index (χ1n) is 7.99. The number of esters is 1. The van der Waals surface area contributed by atoms with Gasteiger partial charge in [-0.2, -0.15) is 0 Å². The second kappa shape index (κ2) is 7.56. The Bertz CT molecular complexity index is 1070. The van der Waals surface area contributed by atoms with Gasteiger partial charge >= 0.3 is 5.97 Å². The van der Waals surface area contributed by atoms with Crippen LogP contribution in [0.15, 0.2) is 63.9 Å². The Morgan fingerprint density at radius 1 is 1.07 bits per heavy atom. The average Bonchev–Trinajstić information content (AvgIpc) is 3.07. The summed E-state index contributed by atoms with van der Waals surface area (Å²) in [5.41, 5.74) is 1.81. The van der Waals surface area contributed by atoms with Crippen LogP contribution >= 0.6 is 11.6 Å². The zero-order chi connectivity index (χ0) is 19.6. The molecule has 3 rings (SSSR count). The molecule has 0 saturated carbocycles. The largest absolute Gasteiger partial charge is 0.460 e. The van der Waals surface area contributed by atoms with Crippen molar-refractivity contribution in [2.75, 3.05) is 6.61 Å². The summed E-state index contributed by atoms with van der Waals surface area (Å²) < 4.78 is 33.7. The standard InChI is InChI=1S/C19H16ClNO5S/c1-2-25-19(22)18-16(12-5-9-15(10-6-12)27(21,23)24)11-17(26-18)13-3-7-14(20)8-4-13/h3-11H,2H2,1H3,(H2,21,23,24). The minimum absolute atomic E-state index is 0.0228. The lowest BCUT2D eigenvalue weighted by atomic mass is 10.0. The number of carbonyl (C=O) groups is 1. The first kappa shape index (κ1) is 19.2. The Hall–Kier alpha value is -2.61. The van der Waals surface area contributed by atoms with Gasteiger partial charge in [0, 0.05) is 16.1 Å². The number of carbonyl (C=O) groups excluding carboxylic acids is 1. The molecular weight excluding hydrogens is 390 g/mol. The molecule has 2 aromatic carbocycles. The molecule has 0 aliphatic rings. The average molecular weight is 406 g/mol. The summed E-state index contributed by atoms with van der Waals surface area (Å²) in [4.78, 5) is 12.3. The molecule has 8 heteroatoms. The van der Waals surface area contributed by atoms with Crippen molar-refractivity contribution < 1.29 is 22.4 Å². The van der Waals surface area contributed by atoms with Gasteiger partial charge in [0.25, 0.3) is 0 Å². The predicted octanol–water partition coefficient (Wildman–Crippen LogP) is 4.09. The summed E-state index contributed by atoms with van der Waals surface area (Å²) in [7, 11) is -3.81. The smallest absolute Gasteiger partial charge is 0.374 e. The second-order valence-electron chi connectivity index (χ2n) is 5.65. The van der Waals surface area contributed by atoms with Crippen LogP contribution < -0.4 is 5.14 Å². The van der Waals surface area contributed by atoms with Crippen molar-refractivity contribution in [1.82, 2.24) is 0 Å². The molecule has 0 spiro atoms. The van der Waals surface area contributed by atoms with Gasteiger partial charge in [-0.25, -0.2) is 18.4 Å². The van der Waals surface area contributed by atoms with Gasteiger partial charge in [0.05, 0.1) is 11.5 Å². The van der Waals surface area contributed by atoms with E-state index in [4.69, 9.17) is 25.9 Å². The maximum absolute atomic E-state index is 12.3. The first-order chi connectivity index (χ1) is 12.8. The van der Waals surface area contributed by atoms with E-state index in [0.29, 0.717) is 21.9 Å². The van der Waals surface area contributed by atoms with E-state index in [0.717, 1.165) is 5.56 Å². The number of hydrogen-bond donors (Lipinski definition) is 1. The molecule has 0 aliphatic heterocycles. The number of benzene rings is 2. The van der Waals surface area contributed by atoms with Gasteiger partial charge in [-0.1, -0.05) is 23.7 Å². The lowest BCUT2D eigenvalue weighted by Gasteiger charge is -2.04. The number of rotatable bonds is 5. The molecular formula is C19H16ClNO5S. The molecule has 0 bridgehead atoms. The topological polar surface area (TPSA) is 99.6 Å². The van der Waals surface area contributed by atoms with Crippen molar-refractivity contribution in [3.05, 3.63) is 65.4 Å². The SMILES string of the molecule is CCOC(=O)c1oc(-c2ccc(Cl)cc2)cc1-c1ccc(S(N)(=O)=O)cc1. The zero-order valence-electron chi connectivity index (χ0n) is 14.3. The van der Waals surface area contributed by atoms with Gasteiger partial charge in [0.1, 0.15) is 5.76 Å². The summed E-state index contributed by atoms with van der Waals surface area (Å²) in [6.07, 6.45) is 0. The monoisotopic (exact) mass is 405 g/mol. The summed E-state index contributed by atoms with van der Waals surface area (Å²) in [5, 5.41) is 5.70. The van der Waals surface area contributed by atoms with Crippen molar-refractivity contribution in [3.63, 3.8) is 0 Å². The van der Waals surface area contributed by atoms with E-state index in [-0.39, 0.29) is 17.3 Å². The molecule has 0 unspecified atom stereocenters. The van der Waals surface area contributed by atoms with E-state index >= 15 is 0 Å². The van der Waals surface area contributed by atoms with Crippen LogP contribution in [0.25, 0.3) is 22.5 Å². The number of furan rings is 1. The van der Waals surface area contributed by atoms with Crippen molar-refractivity contribution >= 4 is 27.6 Å². The van der Waals surface area contributed by atoms with Gasteiger partial charge in [0.15, 0.2) is 0 Å². The van der Waals surface area contributed by atoms with Gasteiger partial charge in [-0.05, 0) is 55.0 Å². The molecule has 0 amide bonds. The third kappa shape index (κ3) is 4.21. The summed E-state index contributed by atoms with van der Waals surface area (Å²) in [6, 6.07) is 14.5. The third-order valence-corrected chi connectivity index (χ3v) is 5.00. The summed E-state index contributed by atoms with van der Waals surface area (Å²) >= 11 is 5.91. The maximum atomic E-state index is 12.3. The molecule has 140 valence electrons. The number of halogens is 1. The van der Waals surface area contributed by atoms with Gasteiger partial charge in [0.2, 0.25) is 15.8 Å². The van der Waals surface area contributed by atoms with Crippen LogP contribution in [0.2, 0.25) is 5.02 Å². The lowest BCUT2D eigenvalue weighted by Crippen LogP contribution is -2.11. The Kier molecular flexibility index (Phi) is 5.36. The molecule has 0 atom stereocenters. The minimum atomic E-state index is -3.81. The Labute approximate surface area is 161 Å². The van der Waals surface area contributed by atoms with E-state index in [9.17, 15) is 13.2 Å². The predicted molar refractivity (Wildman–Crippen MR) is 102 cm³/mol. The van der Waals surface area contributed by atoms with E-state index in [1.165, 1.54) is 12.1 Å². The molecule has 0 saturated heterocycles. The molecule has 27 heavy (non-hydrogen) atoms. The highest BCUT2D eigenvalue weighted by Gasteiger charge is 2.22. The van der Waals surface area contributed by atoms with Crippen molar-refractivity contribution in [3.8, 4) is 22.5 Å². The maximum Gasteiger partial charge on any atom is 0.374 e. The molecule has 0 fully saturated rings. The minimum Gasteiger partial charge on any atom is -0.460 e. The van der Waals surface area contributed by atoms with E-state index in [1.807, 2.05) is 0 Å². The Morgan fingerprint density at radius 2 is 1.67 bits per heavy atom. The quantitative estimate of drug-likeness (QED) is 0.644. The third-order valence-electron chi connectivity index (χ3n) is 3.82. The lowest BCUT2D eigenvalue weighted by molar-refractivity contribution is 0.0492. The number of sulfonamides is 1. The highest BCUT2D eigenvalue weighted by atomic mass is 35.5. The van der Waals surface area contributed by atoms with Crippen LogP contribution in [0.4, 0.5) is 0 Å². The van der Waals surface area contributed by atoms with Crippen LogP contribution in [0.5, 0.6) is 0 Å². The molecule has 1 aromatic heterocycles.